The number of carbonyl (C=O) groups is 1. The number of phosphoric acid groups is 3. The van der Waals surface area contributed by atoms with Crippen LogP contribution in [0.3, 0.4) is 0 Å². The maximum absolute atomic E-state index is 12.4. The van der Waals surface area contributed by atoms with Crippen LogP contribution in [0, 0.1) is 0 Å². The van der Waals surface area contributed by atoms with Crippen molar-refractivity contribution in [2.45, 2.75) is 31.6 Å². The molecule has 1 saturated heterocycles. The number of nitrogens with zero attached hydrogens (tertiary/aromatic N) is 2. The fourth-order valence-electron chi connectivity index (χ4n) is 2.39. The third kappa shape index (κ3) is 11.5. The molecule has 0 bridgehead atoms. The topological polar surface area (TPSA) is 269 Å². The van der Waals surface area contributed by atoms with Gasteiger partial charge in [0.25, 0.3) is 7.82 Å². The Morgan fingerprint density at radius 3 is 2.22 bits per heavy atom. The van der Waals surface area contributed by atoms with Crippen molar-refractivity contribution < 1.29 is 159 Å². The number of rotatable bonds is 8. The Hall–Kier alpha value is 1.42. The zero-order chi connectivity index (χ0) is 25.2. The number of phosphoric ester groups is 1. The molecule has 2 aliphatic heterocycles. The number of amides is 1. The van der Waals surface area contributed by atoms with Gasteiger partial charge in [-0.3, -0.25) is 27.6 Å². The molecule has 1 amide bonds. The number of hydrogen-bond acceptors (Lipinski definition) is 17. The Labute approximate surface area is 269 Å². The maximum atomic E-state index is 12.4. The molecule has 6 atom stereocenters. The predicted octanol–water partition coefficient (Wildman–Crippen LogP) is -12.5. The molecule has 2 aliphatic rings. The van der Waals surface area contributed by atoms with Gasteiger partial charge < -0.3 is 39.5 Å². The number of hydrogen-bond donors (Lipinski definition) is 3. The van der Waals surface area contributed by atoms with E-state index < -0.39 is 59.9 Å². The quantitative estimate of drug-likeness (QED) is 0.132. The summed E-state index contributed by atoms with van der Waals surface area (Å²) in [7, 11) is -17.0. The first-order valence-electron chi connectivity index (χ1n) is 8.29. The van der Waals surface area contributed by atoms with Crippen molar-refractivity contribution in [2.75, 3.05) is 7.11 Å². The predicted molar refractivity (Wildman–Crippen MR) is 95.2 cm³/mol. The Morgan fingerprint density at radius 1 is 1.17 bits per heavy atom. The van der Waals surface area contributed by atoms with E-state index in [1.165, 1.54) is 18.9 Å². The summed E-state index contributed by atoms with van der Waals surface area (Å²) in [4.78, 5) is 59.3. The molecule has 0 spiro atoms. The van der Waals surface area contributed by atoms with E-state index >= 15 is 0 Å². The maximum Gasteiger partial charge on any atom is 1.00 e. The first-order chi connectivity index (χ1) is 15.1. The van der Waals surface area contributed by atoms with Crippen molar-refractivity contribution in [1.29, 1.82) is 0 Å². The minimum Gasteiger partial charge on any atom is -0.790 e. The van der Waals surface area contributed by atoms with Crippen LogP contribution in [-0.2, 0) is 45.7 Å². The van der Waals surface area contributed by atoms with Crippen LogP contribution in [-0.4, -0.2) is 64.6 Å². The summed E-state index contributed by atoms with van der Waals surface area (Å²) in [5.41, 5.74) is 0. The van der Waals surface area contributed by atoms with Crippen LogP contribution >= 0.6 is 23.5 Å². The summed E-state index contributed by atoms with van der Waals surface area (Å²) in [5.74, 6) is 0.273. The molecule has 0 aromatic heterocycles. The molecule has 2 heterocycles. The molecule has 24 heteroatoms. The second kappa shape index (κ2) is 16.0. The standard InChI is InChI=1S/C12H18N3O15P3.3Na/c1-6(17)13-7-3-4-15(8(5-16)14-7)11-9(18)10(19)12(27-11)28-33(25,26-2)30-32(23,24)29-31(20,21)22;;;/h3-4,9-12,18-19H,1-2H3,(H,23,24)(H,13,14,17)(H2,20,21,22);;;/q;3*+1/p-3/t9-,10+,11-,12-,33?;;;/m1.../s1. The smallest absolute Gasteiger partial charge is 0.790 e. The van der Waals surface area contributed by atoms with Gasteiger partial charge in [0.05, 0.1) is 7.82 Å². The van der Waals surface area contributed by atoms with Gasteiger partial charge in [-0.25, -0.2) is 18.7 Å². The number of nitrogens with one attached hydrogen (secondary N) is 1. The van der Waals surface area contributed by atoms with Gasteiger partial charge in [0, 0.05) is 20.2 Å². The minimum absolute atomic E-state index is 0. The minimum atomic E-state index is -6.14. The fourth-order valence-corrected chi connectivity index (χ4v) is 5.67. The van der Waals surface area contributed by atoms with Crippen molar-refractivity contribution in [2.24, 2.45) is 4.99 Å². The molecule has 2 rings (SSSR count). The number of ether oxygens (including phenoxy) is 1. The third-order valence-corrected chi connectivity index (χ3v) is 7.70. The van der Waals surface area contributed by atoms with Crippen molar-refractivity contribution in [3.8, 4) is 0 Å². The van der Waals surface area contributed by atoms with Crippen LogP contribution in [0.4, 0.5) is 0 Å². The van der Waals surface area contributed by atoms with Crippen molar-refractivity contribution in [3.05, 3.63) is 18.1 Å². The molecule has 36 heavy (non-hydrogen) atoms. The number of aliphatic hydroxyl groups is 2. The molecule has 0 aliphatic carbocycles. The molecule has 0 radical (unpaired) electrons. The van der Waals surface area contributed by atoms with Crippen molar-refractivity contribution >= 4 is 41.2 Å². The van der Waals surface area contributed by atoms with Crippen LogP contribution < -0.4 is 109 Å². The summed E-state index contributed by atoms with van der Waals surface area (Å²) >= 11 is 0. The zero-order valence-electron chi connectivity index (χ0n) is 19.4. The second-order valence-electron chi connectivity index (χ2n) is 6.00. The van der Waals surface area contributed by atoms with Crippen molar-refractivity contribution in [3.63, 3.8) is 0 Å². The van der Waals surface area contributed by atoms with Crippen LogP contribution in [0.15, 0.2) is 23.1 Å². The molecule has 0 aromatic carbocycles. The average Bonchev–Trinajstić information content (AvgIpc) is 2.93. The first-order valence-corrected chi connectivity index (χ1v) is 12.7. The monoisotopic (exact) mass is 603 g/mol. The van der Waals surface area contributed by atoms with Crippen molar-refractivity contribution in [1.82, 2.24) is 10.2 Å². The number of aliphatic imine (C=N–C) groups is 1. The Balaban J connectivity index is 0. The molecule has 0 aromatic rings. The SMILES string of the molecule is COP(=O)(O[C@H]1O[C@@H](N2C=CC(NC(C)=O)=NC2=C=O)[C@H](O)[C@@H]1O)OP(=O)([O-])OP(=O)([O-])[O-].[Na+].[Na+].[Na+]. The van der Waals surface area contributed by atoms with Crippen LogP contribution in [0.1, 0.15) is 6.92 Å². The van der Waals surface area contributed by atoms with E-state index in [1.54, 1.807) is 0 Å². The van der Waals surface area contributed by atoms with Gasteiger partial charge in [0.2, 0.25) is 11.7 Å². The van der Waals surface area contributed by atoms with E-state index in [4.69, 9.17) is 4.74 Å². The summed E-state index contributed by atoms with van der Waals surface area (Å²) in [5, 5.41) is 22.6. The molecule has 1 fully saturated rings. The first kappa shape index (κ1) is 39.6. The summed E-state index contributed by atoms with van der Waals surface area (Å²) in [6.07, 6.45) is -5.52. The van der Waals surface area contributed by atoms with E-state index in [1.807, 2.05) is 0 Å². The van der Waals surface area contributed by atoms with Gasteiger partial charge >= 0.3 is 96.5 Å². The Kier molecular flexibility index (Phi) is 17.6. The van der Waals surface area contributed by atoms with E-state index in [-0.39, 0.29) is 94.5 Å². The second-order valence-corrected chi connectivity index (χ2v) is 10.6. The van der Waals surface area contributed by atoms with Gasteiger partial charge in [-0.2, -0.15) is 0 Å². The van der Waals surface area contributed by atoms with E-state index in [0.717, 1.165) is 11.1 Å². The molecule has 2 unspecified atom stereocenters. The number of aliphatic hydroxyl groups excluding tert-OH is 2. The van der Waals surface area contributed by atoms with Gasteiger partial charge in [-0.1, -0.05) is 0 Å². The Bertz CT molecular complexity index is 1050. The molecule has 3 N–H and O–H groups in total. The van der Waals surface area contributed by atoms with E-state index in [2.05, 4.69) is 28.0 Å². The molecule has 186 valence electrons. The fraction of sp³-hybridized carbons (Fsp3) is 0.500. The normalized spacial score (nSPS) is 26.7. The van der Waals surface area contributed by atoms with Gasteiger partial charge in [-0.15, -0.1) is 0 Å². The zero-order valence-corrected chi connectivity index (χ0v) is 28.1. The summed E-state index contributed by atoms with van der Waals surface area (Å²) in [6, 6.07) is 0. The van der Waals surface area contributed by atoms with Crippen LogP contribution in [0.5, 0.6) is 0 Å². The van der Waals surface area contributed by atoms with Gasteiger partial charge in [0.15, 0.2) is 18.5 Å². The summed E-state index contributed by atoms with van der Waals surface area (Å²) in [6.45, 7) is 1.17. The van der Waals surface area contributed by atoms with Gasteiger partial charge in [0.1, 0.15) is 18.0 Å². The van der Waals surface area contributed by atoms with Crippen LogP contribution in [0.25, 0.3) is 0 Å². The molecular weight excluding hydrogens is 588 g/mol. The molecule has 0 saturated carbocycles. The third-order valence-electron chi connectivity index (χ3n) is 3.58. The van der Waals surface area contributed by atoms with E-state index in [9.17, 15) is 48.2 Å². The number of carbonyl (C=O) groups excluding carboxylic acids is 2. The van der Waals surface area contributed by atoms with Crippen LogP contribution in [0.2, 0.25) is 0 Å². The average molecular weight is 603 g/mol. The largest absolute Gasteiger partial charge is 1.00 e. The molecular formula is C12H15N3Na3O15P3. The van der Waals surface area contributed by atoms with E-state index in [0.29, 0.717) is 7.11 Å². The van der Waals surface area contributed by atoms with Gasteiger partial charge in [-0.05, 0) is 6.08 Å². The molecule has 18 nitrogen and oxygen atoms in total. The summed E-state index contributed by atoms with van der Waals surface area (Å²) < 4.78 is 55.3. The Morgan fingerprint density at radius 2 is 1.75 bits per heavy atom. The number of amidine groups is 1.